The van der Waals surface area contributed by atoms with Crippen molar-refractivity contribution < 1.29 is 19.1 Å². The van der Waals surface area contributed by atoms with Gasteiger partial charge in [0, 0.05) is 12.8 Å². The van der Waals surface area contributed by atoms with Crippen molar-refractivity contribution in [2.45, 2.75) is 25.7 Å². The Labute approximate surface area is 69.9 Å². The van der Waals surface area contributed by atoms with Gasteiger partial charge < -0.3 is 4.74 Å². The number of rotatable bonds is 0. The topological polar surface area (TPSA) is 60.4 Å². The van der Waals surface area contributed by atoms with Gasteiger partial charge in [0.15, 0.2) is 5.78 Å². The number of hydrogen-bond donors (Lipinski definition) is 0. The van der Waals surface area contributed by atoms with E-state index in [4.69, 9.17) is 0 Å². The average molecular weight is 170 g/mol. The molecule has 1 saturated heterocycles. The third-order valence-corrected chi connectivity index (χ3v) is 1.65. The van der Waals surface area contributed by atoms with Crippen LogP contribution in [0.25, 0.3) is 0 Å². The molecule has 0 aliphatic carbocycles. The highest BCUT2D eigenvalue weighted by Gasteiger charge is 2.15. The van der Waals surface area contributed by atoms with E-state index < -0.39 is 5.97 Å². The predicted octanol–water partition coefficient (Wildman–Crippen LogP) is 0.242. The Morgan fingerprint density at radius 3 is 2.42 bits per heavy atom. The number of carbonyl (C=O) groups excluding carboxylic acids is 3. The second kappa shape index (κ2) is 3.99. The van der Waals surface area contributed by atoms with E-state index >= 15 is 0 Å². The molecule has 4 heteroatoms. The predicted molar refractivity (Wildman–Crippen MR) is 39.4 cm³/mol. The molecule has 1 fully saturated rings. The monoisotopic (exact) mass is 170 g/mol. The first-order valence-corrected chi connectivity index (χ1v) is 3.87. The van der Waals surface area contributed by atoms with Crippen LogP contribution in [0.1, 0.15) is 25.7 Å². The summed E-state index contributed by atoms with van der Waals surface area (Å²) in [6.45, 7) is -0.174. The smallest absolute Gasteiger partial charge is 0.313 e. The lowest BCUT2D eigenvalue weighted by Crippen LogP contribution is -2.13. The summed E-state index contributed by atoms with van der Waals surface area (Å²) in [7, 11) is 0. The SMILES string of the molecule is O=C1CCCC(=O)CC(=O)OC1. The van der Waals surface area contributed by atoms with Crippen molar-refractivity contribution in [3.05, 3.63) is 0 Å². The number of cyclic esters (lactones) is 1. The van der Waals surface area contributed by atoms with Gasteiger partial charge in [0.25, 0.3) is 0 Å². The zero-order chi connectivity index (χ0) is 8.97. The molecule has 0 aromatic rings. The standard InChI is InChI=1S/C8H10O4/c9-6-2-1-3-7(10)5-12-8(11)4-6/h1-5H2. The maximum atomic E-state index is 10.9. The first-order chi connectivity index (χ1) is 5.68. The normalized spacial score (nSPS) is 20.8. The number of hydrogen-bond acceptors (Lipinski definition) is 4. The largest absolute Gasteiger partial charge is 0.457 e. The molecule has 1 heterocycles. The summed E-state index contributed by atoms with van der Waals surface area (Å²) in [5.74, 6) is -0.844. The third-order valence-electron chi connectivity index (χ3n) is 1.65. The van der Waals surface area contributed by atoms with Crippen molar-refractivity contribution in [2.75, 3.05) is 6.61 Å². The Kier molecular flexibility index (Phi) is 2.96. The van der Waals surface area contributed by atoms with Gasteiger partial charge in [-0.05, 0) is 6.42 Å². The van der Waals surface area contributed by atoms with Crippen LogP contribution < -0.4 is 0 Å². The lowest BCUT2D eigenvalue weighted by atomic mass is 10.1. The summed E-state index contributed by atoms with van der Waals surface area (Å²) >= 11 is 0. The number of carbonyl (C=O) groups is 3. The average Bonchev–Trinajstić information content (AvgIpc) is 2.05. The molecule has 1 rings (SSSR count). The minimum Gasteiger partial charge on any atom is -0.457 e. The summed E-state index contributed by atoms with van der Waals surface area (Å²) in [5.41, 5.74) is 0. The molecule has 66 valence electrons. The Morgan fingerprint density at radius 1 is 1.00 bits per heavy atom. The molecule has 0 radical (unpaired) electrons. The number of ketones is 2. The van der Waals surface area contributed by atoms with Crippen LogP contribution in [0, 0.1) is 0 Å². The van der Waals surface area contributed by atoms with Crippen LogP contribution in [0.5, 0.6) is 0 Å². The van der Waals surface area contributed by atoms with E-state index in [0.717, 1.165) is 0 Å². The van der Waals surface area contributed by atoms with E-state index in [1.54, 1.807) is 0 Å². The van der Waals surface area contributed by atoms with Gasteiger partial charge >= 0.3 is 5.97 Å². The van der Waals surface area contributed by atoms with Crippen molar-refractivity contribution in [1.29, 1.82) is 0 Å². The maximum absolute atomic E-state index is 10.9. The summed E-state index contributed by atoms with van der Waals surface area (Å²) in [6, 6.07) is 0. The molecule has 0 aromatic heterocycles. The van der Waals surface area contributed by atoms with Crippen LogP contribution in [-0.4, -0.2) is 24.1 Å². The van der Waals surface area contributed by atoms with Crippen LogP contribution in [0.2, 0.25) is 0 Å². The Bertz CT molecular complexity index is 219. The van der Waals surface area contributed by atoms with Crippen molar-refractivity contribution in [1.82, 2.24) is 0 Å². The molecule has 0 aromatic carbocycles. The first-order valence-electron chi connectivity index (χ1n) is 3.87. The maximum Gasteiger partial charge on any atom is 0.313 e. The quantitative estimate of drug-likeness (QED) is 0.386. The third kappa shape index (κ3) is 2.82. The minimum atomic E-state index is -0.588. The molecule has 1 aliphatic rings. The molecular weight excluding hydrogens is 160 g/mol. The highest BCUT2D eigenvalue weighted by atomic mass is 16.5. The summed E-state index contributed by atoms with van der Waals surface area (Å²) < 4.78 is 4.54. The van der Waals surface area contributed by atoms with Crippen LogP contribution >= 0.6 is 0 Å². The van der Waals surface area contributed by atoms with Crippen molar-refractivity contribution in [3.8, 4) is 0 Å². The molecule has 0 N–H and O–H groups in total. The fourth-order valence-corrected chi connectivity index (χ4v) is 1.02. The molecule has 0 saturated carbocycles. The van der Waals surface area contributed by atoms with Gasteiger partial charge in [0.2, 0.25) is 0 Å². The van der Waals surface area contributed by atoms with E-state index in [2.05, 4.69) is 4.74 Å². The lowest BCUT2D eigenvalue weighted by Gasteiger charge is -1.98. The van der Waals surface area contributed by atoms with Gasteiger partial charge in [-0.15, -0.1) is 0 Å². The fraction of sp³-hybridized carbons (Fsp3) is 0.625. The van der Waals surface area contributed by atoms with Gasteiger partial charge in [-0.25, -0.2) is 0 Å². The zero-order valence-corrected chi connectivity index (χ0v) is 6.67. The van der Waals surface area contributed by atoms with Crippen molar-refractivity contribution in [2.24, 2.45) is 0 Å². The summed E-state index contributed by atoms with van der Waals surface area (Å²) in [4.78, 5) is 32.5. The van der Waals surface area contributed by atoms with Gasteiger partial charge in [-0.3, -0.25) is 14.4 Å². The first kappa shape index (κ1) is 8.90. The van der Waals surface area contributed by atoms with Crippen LogP contribution in [0.15, 0.2) is 0 Å². The molecule has 12 heavy (non-hydrogen) atoms. The van der Waals surface area contributed by atoms with Crippen LogP contribution in [0.3, 0.4) is 0 Å². The van der Waals surface area contributed by atoms with E-state index in [9.17, 15) is 14.4 Å². The highest BCUT2D eigenvalue weighted by molar-refractivity contribution is 5.97. The molecule has 0 atom stereocenters. The van der Waals surface area contributed by atoms with Crippen molar-refractivity contribution in [3.63, 3.8) is 0 Å². The highest BCUT2D eigenvalue weighted by Crippen LogP contribution is 2.04. The summed E-state index contributed by atoms with van der Waals surface area (Å²) in [5, 5.41) is 0. The lowest BCUT2D eigenvalue weighted by molar-refractivity contribution is -0.149. The molecule has 0 amide bonds. The zero-order valence-electron chi connectivity index (χ0n) is 6.67. The van der Waals surface area contributed by atoms with E-state index in [-0.39, 0.29) is 24.6 Å². The molecule has 0 spiro atoms. The minimum absolute atomic E-state index is 0.113. The van der Waals surface area contributed by atoms with E-state index in [1.165, 1.54) is 0 Å². The number of esters is 1. The van der Waals surface area contributed by atoms with Crippen LogP contribution in [0.4, 0.5) is 0 Å². The second-order valence-corrected chi connectivity index (χ2v) is 2.77. The summed E-state index contributed by atoms with van der Waals surface area (Å²) in [6.07, 6.45) is 0.988. The Balaban J connectivity index is 2.52. The molecule has 0 bridgehead atoms. The molecule has 4 nitrogen and oxygen atoms in total. The Morgan fingerprint density at radius 2 is 1.67 bits per heavy atom. The Hall–Kier alpha value is -1.19. The van der Waals surface area contributed by atoms with Gasteiger partial charge in [-0.2, -0.15) is 0 Å². The molecule has 1 aliphatic heterocycles. The fourth-order valence-electron chi connectivity index (χ4n) is 1.02. The van der Waals surface area contributed by atoms with E-state index in [1.807, 2.05) is 0 Å². The van der Waals surface area contributed by atoms with Crippen LogP contribution in [-0.2, 0) is 19.1 Å². The molecular formula is C8H10O4. The number of Topliss-reactive ketones (excluding diaryl/α,β-unsaturated/α-hetero) is 2. The van der Waals surface area contributed by atoms with Gasteiger partial charge in [0.05, 0.1) is 0 Å². The second-order valence-electron chi connectivity index (χ2n) is 2.77. The van der Waals surface area contributed by atoms with Gasteiger partial charge in [0.1, 0.15) is 18.8 Å². The van der Waals surface area contributed by atoms with E-state index in [0.29, 0.717) is 19.3 Å². The number of ether oxygens (including phenoxy) is 1. The van der Waals surface area contributed by atoms with Gasteiger partial charge in [-0.1, -0.05) is 0 Å². The van der Waals surface area contributed by atoms with Crippen molar-refractivity contribution >= 4 is 17.5 Å². The molecule has 0 unspecified atom stereocenters.